The number of carbonyl (C=O) groups is 1. The Morgan fingerprint density at radius 1 is 1.41 bits per heavy atom. The van der Waals surface area contributed by atoms with Gasteiger partial charge in [-0.3, -0.25) is 14.9 Å². The lowest BCUT2D eigenvalue weighted by Crippen LogP contribution is -2.32. The molecule has 120 valence electrons. The van der Waals surface area contributed by atoms with Crippen molar-refractivity contribution >= 4 is 21.7 Å². The van der Waals surface area contributed by atoms with Crippen molar-refractivity contribution in [3.63, 3.8) is 0 Å². The highest BCUT2D eigenvalue weighted by molar-refractivity contribution is 7.89. The molecule has 1 heterocycles. The van der Waals surface area contributed by atoms with Crippen molar-refractivity contribution in [2.75, 3.05) is 18.8 Å². The molecule has 2 rings (SSSR count). The number of aryl methyl sites for hydroxylation is 1. The van der Waals surface area contributed by atoms with Gasteiger partial charge in [0.25, 0.3) is 5.69 Å². The van der Waals surface area contributed by atoms with Crippen LogP contribution in [0.25, 0.3) is 0 Å². The van der Waals surface area contributed by atoms with Gasteiger partial charge in [0.05, 0.1) is 16.6 Å². The maximum absolute atomic E-state index is 12.2. The number of carboxylic acids is 1. The van der Waals surface area contributed by atoms with Crippen LogP contribution in [0.2, 0.25) is 0 Å². The van der Waals surface area contributed by atoms with E-state index in [1.165, 1.54) is 18.2 Å². The quantitative estimate of drug-likeness (QED) is 0.611. The number of hydrogen-bond acceptors (Lipinski definition) is 5. The molecule has 1 aromatic carbocycles. The standard InChI is InChI=1S/C13H16N2O6S/c16-13(17)11-5-7-14(9-11)22(20,21)8-6-10-3-1-2-4-12(10)15(18)19/h1-4,11H,5-9H2,(H,16,17). The van der Waals surface area contributed by atoms with E-state index < -0.39 is 26.8 Å². The summed E-state index contributed by atoms with van der Waals surface area (Å²) in [7, 11) is -3.62. The Bertz CT molecular complexity index is 688. The first-order valence-electron chi connectivity index (χ1n) is 6.74. The lowest BCUT2D eigenvalue weighted by molar-refractivity contribution is -0.385. The van der Waals surface area contributed by atoms with E-state index >= 15 is 0 Å². The van der Waals surface area contributed by atoms with Gasteiger partial charge < -0.3 is 5.11 Å². The maximum Gasteiger partial charge on any atom is 0.307 e. The summed E-state index contributed by atoms with van der Waals surface area (Å²) in [6, 6.07) is 6.00. The van der Waals surface area contributed by atoms with Crippen molar-refractivity contribution in [3.05, 3.63) is 39.9 Å². The number of hydrogen-bond donors (Lipinski definition) is 1. The molecule has 1 aliphatic rings. The van der Waals surface area contributed by atoms with Crippen molar-refractivity contribution in [3.8, 4) is 0 Å². The normalized spacial score (nSPS) is 19.2. The van der Waals surface area contributed by atoms with Gasteiger partial charge in [-0.25, -0.2) is 12.7 Å². The predicted molar refractivity (Wildman–Crippen MR) is 77.9 cm³/mol. The van der Waals surface area contributed by atoms with Gasteiger partial charge >= 0.3 is 5.97 Å². The van der Waals surface area contributed by atoms with Gasteiger partial charge in [-0.15, -0.1) is 0 Å². The minimum Gasteiger partial charge on any atom is -0.481 e. The van der Waals surface area contributed by atoms with Crippen molar-refractivity contribution in [2.45, 2.75) is 12.8 Å². The molecule has 1 atom stereocenters. The van der Waals surface area contributed by atoms with Crippen LogP contribution in [0.5, 0.6) is 0 Å². The molecule has 1 saturated heterocycles. The highest BCUT2D eigenvalue weighted by Gasteiger charge is 2.34. The molecule has 0 saturated carbocycles. The van der Waals surface area contributed by atoms with E-state index in [2.05, 4.69) is 0 Å². The number of sulfonamides is 1. The van der Waals surface area contributed by atoms with Crippen LogP contribution in [0, 0.1) is 16.0 Å². The van der Waals surface area contributed by atoms with Crippen molar-refractivity contribution in [2.24, 2.45) is 5.92 Å². The molecule has 1 unspecified atom stereocenters. The second-order valence-electron chi connectivity index (χ2n) is 5.13. The summed E-state index contributed by atoms with van der Waals surface area (Å²) in [6.45, 7) is 0.144. The Labute approximate surface area is 127 Å². The zero-order valence-electron chi connectivity index (χ0n) is 11.7. The van der Waals surface area contributed by atoms with Crippen LogP contribution in [0.4, 0.5) is 5.69 Å². The van der Waals surface area contributed by atoms with Crippen molar-refractivity contribution in [1.82, 2.24) is 4.31 Å². The van der Waals surface area contributed by atoms with Gasteiger partial charge in [-0.2, -0.15) is 0 Å². The summed E-state index contributed by atoms with van der Waals surface area (Å²) in [5.41, 5.74) is 0.243. The second kappa shape index (κ2) is 6.41. The highest BCUT2D eigenvalue weighted by Crippen LogP contribution is 2.22. The number of nitrogens with zero attached hydrogens (tertiary/aromatic N) is 2. The molecular formula is C13H16N2O6S. The SMILES string of the molecule is O=C(O)C1CCN(S(=O)(=O)CCc2ccccc2[N+](=O)[O-])C1. The third-order valence-electron chi connectivity index (χ3n) is 3.71. The van der Waals surface area contributed by atoms with Gasteiger partial charge in [0, 0.05) is 24.7 Å². The van der Waals surface area contributed by atoms with Crippen molar-refractivity contribution < 1.29 is 23.2 Å². The van der Waals surface area contributed by atoms with E-state index in [9.17, 15) is 23.3 Å². The molecule has 22 heavy (non-hydrogen) atoms. The smallest absolute Gasteiger partial charge is 0.307 e. The van der Waals surface area contributed by atoms with Crippen LogP contribution in [-0.2, 0) is 21.2 Å². The Morgan fingerprint density at radius 3 is 2.68 bits per heavy atom. The van der Waals surface area contributed by atoms with E-state index in [1.54, 1.807) is 6.07 Å². The number of nitro groups is 1. The van der Waals surface area contributed by atoms with E-state index in [4.69, 9.17) is 5.11 Å². The largest absolute Gasteiger partial charge is 0.481 e. The minimum atomic E-state index is -3.62. The maximum atomic E-state index is 12.2. The number of rotatable bonds is 6. The second-order valence-corrected chi connectivity index (χ2v) is 7.22. The van der Waals surface area contributed by atoms with Crippen LogP contribution in [0.15, 0.2) is 24.3 Å². The molecule has 1 fully saturated rings. The fourth-order valence-corrected chi connectivity index (χ4v) is 3.98. The topological polar surface area (TPSA) is 118 Å². The highest BCUT2D eigenvalue weighted by atomic mass is 32.2. The molecule has 0 spiro atoms. The lowest BCUT2D eigenvalue weighted by atomic mass is 10.1. The van der Waals surface area contributed by atoms with Gasteiger partial charge in [-0.1, -0.05) is 18.2 Å². The number of nitro benzene ring substituents is 1. The molecule has 1 aromatic rings. The predicted octanol–water partition coefficient (Wildman–Crippen LogP) is 0.874. The lowest BCUT2D eigenvalue weighted by Gasteiger charge is -2.15. The number of aliphatic carboxylic acids is 1. The van der Waals surface area contributed by atoms with Gasteiger partial charge in [0.2, 0.25) is 10.0 Å². The third-order valence-corrected chi connectivity index (χ3v) is 5.55. The average molecular weight is 328 g/mol. The first-order chi connectivity index (χ1) is 10.3. The van der Waals surface area contributed by atoms with Gasteiger partial charge in [0.15, 0.2) is 0 Å². The Balaban J connectivity index is 2.05. The Morgan fingerprint density at radius 2 is 2.09 bits per heavy atom. The summed E-state index contributed by atoms with van der Waals surface area (Å²) in [5.74, 6) is -1.96. The first kappa shape index (κ1) is 16.4. The summed E-state index contributed by atoms with van der Waals surface area (Å²) in [6.07, 6.45) is 0.313. The Kier molecular flexibility index (Phi) is 4.77. The van der Waals surface area contributed by atoms with E-state index in [-0.39, 0.29) is 31.0 Å². The van der Waals surface area contributed by atoms with Crippen LogP contribution in [0.3, 0.4) is 0 Å². The van der Waals surface area contributed by atoms with Crippen LogP contribution >= 0.6 is 0 Å². The van der Waals surface area contributed by atoms with Crippen LogP contribution in [0.1, 0.15) is 12.0 Å². The summed E-state index contributed by atoms with van der Waals surface area (Å²) >= 11 is 0. The first-order valence-corrected chi connectivity index (χ1v) is 8.35. The van der Waals surface area contributed by atoms with Gasteiger partial charge in [0.1, 0.15) is 0 Å². The summed E-state index contributed by atoms with van der Waals surface area (Å²) < 4.78 is 25.6. The van der Waals surface area contributed by atoms with Crippen molar-refractivity contribution in [1.29, 1.82) is 0 Å². The van der Waals surface area contributed by atoms with E-state index in [0.717, 1.165) is 4.31 Å². The zero-order chi connectivity index (χ0) is 16.3. The third kappa shape index (κ3) is 3.60. The molecule has 8 nitrogen and oxygen atoms in total. The molecule has 9 heteroatoms. The van der Waals surface area contributed by atoms with E-state index in [1.807, 2.05) is 0 Å². The molecule has 1 N–H and O–H groups in total. The van der Waals surface area contributed by atoms with Crippen LogP contribution < -0.4 is 0 Å². The minimum absolute atomic E-state index is 0.0216. The fraction of sp³-hybridized carbons (Fsp3) is 0.462. The van der Waals surface area contributed by atoms with E-state index in [0.29, 0.717) is 12.0 Å². The molecule has 0 aromatic heterocycles. The molecule has 0 aliphatic carbocycles. The molecule has 1 aliphatic heterocycles. The summed E-state index contributed by atoms with van der Waals surface area (Å²) in [4.78, 5) is 21.2. The summed E-state index contributed by atoms with van der Waals surface area (Å²) in [5, 5.41) is 19.8. The molecule has 0 radical (unpaired) electrons. The molecular weight excluding hydrogens is 312 g/mol. The number of benzene rings is 1. The number of carboxylic acid groups (broad SMARTS) is 1. The van der Waals surface area contributed by atoms with Crippen LogP contribution in [-0.4, -0.2) is 47.6 Å². The number of para-hydroxylation sites is 1. The average Bonchev–Trinajstić information content (AvgIpc) is 2.96. The van der Waals surface area contributed by atoms with Gasteiger partial charge in [-0.05, 0) is 12.8 Å². The molecule has 0 amide bonds. The molecule has 0 bridgehead atoms. The zero-order valence-corrected chi connectivity index (χ0v) is 12.5. The fourth-order valence-electron chi connectivity index (χ4n) is 2.45. The monoisotopic (exact) mass is 328 g/mol. The Hall–Kier alpha value is -2.00.